The molecular weight excluding hydrogens is 1210 g/mol. The van der Waals surface area contributed by atoms with Crippen LogP contribution in [0.3, 0.4) is 0 Å². The first-order valence-corrected chi connectivity index (χ1v) is 29.2. The molecule has 0 unspecified atom stereocenters. The van der Waals surface area contributed by atoms with E-state index in [4.69, 9.17) is 66.3 Å². The number of hydrogen-bond donors (Lipinski definition) is 20. The molecule has 21 aliphatic heterocycles. The van der Waals surface area contributed by atoms with Crippen molar-refractivity contribution >= 4 is 19.4 Å². The summed E-state index contributed by atoms with van der Waals surface area (Å²) >= 11 is -0.522. The van der Waals surface area contributed by atoms with Crippen LogP contribution in [0.5, 0.6) is 0 Å². The number of benzene rings is 1. The van der Waals surface area contributed by atoms with E-state index in [-0.39, 0.29) is 5.32 Å². The molecule has 482 valence electrons. The van der Waals surface area contributed by atoms with E-state index in [0.717, 1.165) is 10.0 Å². The van der Waals surface area contributed by atoms with Crippen LogP contribution in [-0.4, -0.2) is 372 Å². The van der Waals surface area contributed by atoms with E-state index < -0.39 is 270 Å². The van der Waals surface area contributed by atoms with Crippen molar-refractivity contribution in [3.8, 4) is 0 Å². The molecule has 21 aliphatic rings. The van der Waals surface area contributed by atoms with E-state index in [1.807, 2.05) is 31.2 Å². The number of aliphatic hydroxyl groups excluding tert-OH is 20. The summed E-state index contributed by atoms with van der Waals surface area (Å²) in [5.41, 5.74) is 0.935. The number of aryl methyl sites for hydroxylation is 1. The zero-order valence-corrected chi connectivity index (χ0v) is 46.2. The Balaban J connectivity index is 1.02. The molecule has 1 aromatic carbocycles. The summed E-state index contributed by atoms with van der Waals surface area (Å²) in [4.78, 5) is 0. The van der Waals surface area contributed by atoms with Crippen molar-refractivity contribution in [1.82, 2.24) is 0 Å². The van der Waals surface area contributed by atoms with Crippen LogP contribution in [0, 0.1) is 6.92 Å². The molecule has 35 atom stereocenters. The fraction of sp³-hybridized carbons (Fsp3) is 0.878. The molecule has 20 N–H and O–H groups in total. The monoisotopic (exact) mass is 1290 g/mol. The van der Waals surface area contributed by atoms with E-state index in [0.29, 0.717) is 0 Å². The van der Waals surface area contributed by atoms with E-state index >= 15 is 0 Å². The van der Waals surface area contributed by atoms with Gasteiger partial charge in [0.05, 0.1) is 26.4 Å². The molecule has 0 amide bonds. The van der Waals surface area contributed by atoms with Crippen LogP contribution < -0.4 is 4.46 Å². The summed E-state index contributed by atoms with van der Waals surface area (Å²) in [5, 5.41) is 224. The van der Waals surface area contributed by atoms with Gasteiger partial charge in [0, 0.05) is 0 Å². The SMILES string of the molecule is Cc1ccc([Se]C[C@H]2O[C@@H]3O[C@H]4[C@H](O)[C@@H](O)[C@@H](O[C@H]5[C@H](O)[C@@H](O)[C@@H](O[C@H]6[C@H](O)[C@@H](O)[C@@H](O[C@H]7[C@@H](O)[C@H](O)[C@@H](O[C@H]8[C@@H](O)[C@H](O)[C@@H](O[C@H]9[C@@H](O)[C@H](O)[C@@H](O[C@H]2[C@H](O)[C@H]3O)O[C@@H]9CO)O[C@@H]8CO)O[C@@H]7CO)O[C@@H]6CO)O[C@@H]5CO)O[C@@H]4CO)cc1. The minimum atomic E-state index is -2.20. The van der Waals surface area contributed by atoms with Gasteiger partial charge in [-0.05, 0) is 0 Å². The van der Waals surface area contributed by atoms with Gasteiger partial charge >= 0.3 is 294 Å². The third kappa shape index (κ3) is 13.5. The molecule has 21 fully saturated rings. The molecule has 14 bridgehead atoms. The Kier molecular flexibility index (Phi) is 22.8. The maximum absolute atomic E-state index is 11.8. The quantitative estimate of drug-likeness (QED) is 0.102. The molecule has 0 aromatic heterocycles. The molecule has 21 heterocycles. The first-order valence-electron chi connectivity index (χ1n) is 27.1. The molecule has 0 saturated carbocycles. The first-order chi connectivity index (χ1) is 40.1. The molecule has 0 aliphatic carbocycles. The van der Waals surface area contributed by atoms with Crippen molar-refractivity contribution in [3.05, 3.63) is 29.8 Å². The number of ether oxygens (including phenoxy) is 14. The van der Waals surface area contributed by atoms with Crippen molar-refractivity contribution in [2.45, 2.75) is 227 Å². The van der Waals surface area contributed by atoms with Gasteiger partial charge in [0.15, 0.2) is 18.9 Å². The van der Waals surface area contributed by atoms with Gasteiger partial charge in [0.2, 0.25) is 0 Å². The van der Waals surface area contributed by atoms with Crippen LogP contribution in [0.1, 0.15) is 5.56 Å². The van der Waals surface area contributed by atoms with Gasteiger partial charge in [0.1, 0.15) is 61.0 Å². The van der Waals surface area contributed by atoms with E-state index in [9.17, 15) is 102 Å². The second kappa shape index (κ2) is 28.7. The number of hydrogen-bond acceptors (Lipinski definition) is 34. The summed E-state index contributed by atoms with van der Waals surface area (Å²) in [5.74, 6) is 0. The van der Waals surface area contributed by atoms with Gasteiger partial charge in [-0.1, -0.05) is 0 Å². The van der Waals surface area contributed by atoms with Crippen LogP contribution in [-0.2, 0) is 66.3 Å². The normalized spacial score (nSPS) is 51.7. The second-order valence-electron chi connectivity index (χ2n) is 21.6. The zero-order valence-electron chi connectivity index (χ0n) is 44.5. The third-order valence-electron chi connectivity index (χ3n) is 16.0. The molecule has 84 heavy (non-hydrogen) atoms. The van der Waals surface area contributed by atoms with Gasteiger partial charge in [-0.25, -0.2) is 0 Å². The molecular formula is C49H76O34Se. The molecule has 1 aromatic rings. The van der Waals surface area contributed by atoms with Crippen LogP contribution in [0.4, 0.5) is 0 Å². The Morgan fingerprint density at radius 3 is 0.631 bits per heavy atom. The minimum absolute atomic E-state index is 0.00489. The van der Waals surface area contributed by atoms with E-state index in [1.54, 1.807) is 0 Å². The summed E-state index contributed by atoms with van der Waals surface area (Å²) in [6, 6.07) is 7.32. The van der Waals surface area contributed by atoms with Crippen molar-refractivity contribution in [3.63, 3.8) is 0 Å². The number of aliphatic hydroxyl groups is 20. The fourth-order valence-corrected chi connectivity index (χ4v) is 13.2. The van der Waals surface area contributed by atoms with Gasteiger partial charge in [-0.2, -0.15) is 0 Å². The summed E-state index contributed by atoms with van der Waals surface area (Å²) in [6.45, 7) is -4.30. The third-order valence-corrected chi connectivity index (χ3v) is 18.3. The van der Waals surface area contributed by atoms with Crippen molar-refractivity contribution in [2.75, 3.05) is 39.6 Å². The van der Waals surface area contributed by atoms with Crippen molar-refractivity contribution < 1.29 is 168 Å². The van der Waals surface area contributed by atoms with Crippen LogP contribution in [0.15, 0.2) is 24.3 Å². The van der Waals surface area contributed by atoms with Crippen LogP contribution >= 0.6 is 0 Å². The Bertz CT molecular complexity index is 2180. The van der Waals surface area contributed by atoms with Crippen molar-refractivity contribution in [2.24, 2.45) is 0 Å². The topological polar surface area (TPSA) is 534 Å². The van der Waals surface area contributed by atoms with Crippen LogP contribution in [0.2, 0.25) is 5.32 Å². The Hall–Kier alpha value is -1.62. The van der Waals surface area contributed by atoms with Crippen LogP contribution in [0.25, 0.3) is 0 Å². The average molecular weight is 1290 g/mol. The zero-order chi connectivity index (χ0) is 60.7. The average Bonchev–Trinajstić information content (AvgIpc) is 3.53. The fourth-order valence-electron chi connectivity index (χ4n) is 11.2. The Morgan fingerprint density at radius 1 is 0.262 bits per heavy atom. The first kappa shape index (κ1) is 66.8. The molecule has 35 heteroatoms. The summed E-state index contributed by atoms with van der Waals surface area (Å²) in [7, 11) is 0. The molecule has 34 nitrogen and oxygen atoms in total. The van der Waals surface area contributed by atoms with E-state index in [2.05, 4.69) is 0 Å². The van der Waals surface area contributed by atoms with E-state index in [1.165, 1.54) is 0 Å². The van der Waals surface area contributed by atoms with Gasteiger partial charge < -0.3 is 84.6 Å². The molecule has 22 rings (SSSR count). The number of rotatable bonds is 9. The van der Waals surface area contributed by atoms with Gasteiger partial charge in [0.25, 0.3) is 0 Å². The van der Waals surface area contributed by atoms with Gasteiger partial charge in [-0.3, -0.25) is 0 Å². The second-order valence-corrected chi connectivity index (χ2v) is 23.9. The standard InChI is InChI=1S/C49H76O34Se/c1-13-2-4-14(5-3-13)84-12-21-42-28(62)35(69)49(76-21)82-41-20(11-55)74-47(33(67)26(41)60)80-39-18(9-53)72-45(31(65)24(39)58)78-37-16(7-51)70-43(29(63)22(37)56)77-36-15(6-50)71-44(30(64)23(36)57)79-38-17(8-52)73-46(32(66)25(38)59)81-40-19(10-54)75-48(83-42)34(68)27(40)61/h2-5,15-69H,6-12H2,1H3/t15-,16-,17-,18-,19-,20-,21-,22-,23+,24-,25+,26-,27+,28-,29-,30+,31-,32+,33-,34+,35-,36-,37-,38-,39-,40-,41-,42-,43-,44-,45-,46-,47-,48-,49-/m1/s1. The predicted molar refractivity (Wildman–Crippen MR) is 263 cm³/mol. The predicted octanol–water partition coefficient (Wildman–Crippen LogP) is -13.5. The van der Waals surface area contributed by atoms with Gasteiger partial charge in [-0.15, -0.1) is 0 Å². The van der Waals surface area contributed by atoms with Crippen molar-refractivity contribution in [1.29, 1.82) is 0 Å². The molecule has 21 saturated heterocycles. The Labute approximate surface area is 483 Å². The summed E-state index contributed by atoms with van der Waals surface area (Å²) in [6.07, 6.45) is -68.7. The Morgan fingerprint density at radius 2 is 0.440 bits per heavy atom. The summed E-state index contributed by atoms with van der Waals surface area (Å²) < 4.78 is 82.4. The molecule has 0 radical (unpaired) electrons. The maximum atomic E-state index is 11.8. The molecule has 0 spiro atoms.